The molecule has 3 atom stereocenters. The average molecular weight is 270 g/mol. The summed E-state index contributed by atoms with van der Waals surface area (Å²) in [6.45, 7) is 2.98. The van der Waals surface area contributed by atoms with Crippen molar-refractivity contribution >= 4 is 0 Å². The molecule has 1 aromatic rings. The van der Waals surface area contributed by atoms with E-state index >= 15 is 0 Å². The molecule has 1 saturated heterocycles. The number of hydrogen-bond acceptors (Lipinski definition) is 5. The van der Waals surface area contributed by atoms with E-state index in [1.54, 1.807) is 6.92 Å². The van der Waals surface area contributed by atoms with Crippen molar-refractivity contribution in [2.75, 3.05) is 6.61 Å². The molecule has 7 nitrogen and oxygen atoms in total. The quantitative estimate of drug-likeness (QED) is 0.671. The van der Waals surface area contributed by atoms with Crippen molar-refractivity contribution in [3.05, 3.63) is 32.6 Å². The molecule has 0 amide bonds. The number of ether oxygens (including phenoxy) is 1. The van der Waals surface area contributed by atoms with Gasteiger partial charge < -0.3 is 14.9 Å². The standard InChI is InChI=1S/C12H18N2O5/c1-3-8-12(18,6-15)4-9(19-8)14-5-7(2)10(16)13-11(14)17/h5,8-9,15,18H,3-4,6H2,1-2H3,(H,13,16,17)/t8-,9-,12?/m1/s1. The highest BCUT2D eigenvalue weighted by Crippen LogP contribution is 2.37. The highest BCUT2D eigenvalue weighted by atomic mass is 16.5. The molecule has 0 aliphatic carbocycles. The predicted octanol–water partition coefficient (Wildman–Crippen LogP) is -0.734. The Kier molecular flexibility index (Phi) is 3.62. The normalized spacial score (nSPS) is 30.7. The lowest BCUT2D eigenvalue weighted by Crippen LogP contribution is -2.41. The van der Waals surface area contributed by atoms with Gasteiger partial charge in [0.2, 0.25) is 0 Å². The fourth-order valence-electron chi connectivity index (χ4n) is 2.40. The maximum absolute atomic E-state index is 11.8. The number of hydrogen-bond donors (Lipinski definition) is 3. The Morgan fingerprint density at radius 1 is 1.58 bits per heavy atom. The van der Waals surface area contributed by atoms with Crippen LogP contribution in [-0.4, -0.2) is 38.1 Å². The van der Waals surface area contributed by atoms with Crippen LogP contribution in [0.15, 0.2) is 15.8 Å². The third-order valence-corrected chi connectivity index (χ3v) is 3.55. The molecule has 19 heavy (non-hydrogen) atoms. The van der Waals surface area contributed by atoms with Crippen LogP contribution in [0.25, 0.3) is 0 Å². The fraction of sp³-hybridized carbons (Fsp3) is 0.667. The molecule has 0 radical (unpaired) electrons. The van der Waals surface area contributed by atoms with Gasteiger partial charge in [-0.05, 0) is 13.3 Å². The van der Waals surface area contributed by atoms with Crippen LogP contribution in [0.1, 0.15) is 31.6 Å². The van der Waals surface area contributed by atoms with Crippen LogP contribution in [-0.2, 0) is 4.74 Å². The zero-order valence-electron chi connectivity index (χ0n) is 10.9. The first-order valence-corrected chi connectivity index (χ1v) is 6.22. The van der Waals surface area contributed by atoms with E-state index in [2.05, 4.69) is 4.98 Å². The smallest absolute Gasteiger partial charge is 0.330 e. The van der Waals surface area contributed by atoms with E-state index in [0.29, 0.717) is 12.0 Å². The van der Waals surface area contributed by atoms with E-state index in [-0.39, 0.29) is 6.42 Å². The molecule has 106 valence electrons. The highest BCUT2D eigenvalue weighted by molar-refractivity contribution is 5.03. The van der Waals surface area contributed by atoms with E-state index in [1.165, 1.54) is 10.8 Å². The molecule has 7 heteroatoms. The Balaban J connectivity index is 2.38. The largest absolute Gasteiger partial charge is 0.393 e. The summed E-state index contributed by atoms with van der Waals surface area (Å²) in [4.78, 5) is 25.3. The SMILES string of the molecule is CC[C@H]1O[C@@H](n2cc(C)c(=O)[nH]c2=O)CC1(O)CO. The number of aliphatic hydroxyl groups is 2. The predicted molar refractivity (Wildman–Crippen MR) is 66.9 cm³/mol. The van der Waals surface area contributed by atoms with Gasteiger partial charge >= 0.3 is 5.69 Å². The van der Waals surface area contributed by atoms with Crippen molar-refractivity contribution in [2.24, 2.45) is 0 Å². The summed E-state index contributed by atoms with van der Waals surface area (Å²) in [5.41, 5.74) is -2.00. The van der Waals surface area contributed by atoms with Crippen LogP contribution in [0.2, 0.25) is 0 Å². The number of rotatable bonds is 3. The van der Waals surface area contributed by atoms with Crippen molar-refractivity contribution in [1.82, 2.24) is 9.55 Å². The van der Waals surface area contributed by atoms with Crippen molar-refractivity contribution in [1.29, 1.82) is 0 Å². The molecule has 0 bridgehead atoms. The Bertz CT molecular complexity index is 578. The minimum Gasteiger partial charge on any atom is -0.393 e. The van der Waals surface area contributed by atoms with Gasteiger partial charge in [0.05, 0.1) is 12.7 Å². The second kappa shape index (κ2) is 4.92. The summed E-state index contributed by atoms with van der Waals surface area (Å²) in [7, 11) is 0. The fourth-order valence-corrected chi connectivity index (χ4v) is 2.40. The van der Waals surface area contributed by atoms with E-state index in [9.17, 15) is 19.8 Å². The van der Waals surface area contributed by atoms with Crippen molar-refractivity contribution in [3.63, 3.8) is 0 Å². The van der Waals surface area contributed by atoms with Crippen LogP contribution in [0, 0.1) is 6.92 Å². The third-order valence-electron chi connectivity index (χ3n) is 3.55. The van der Waals surface area contributed by atoms with Crippen LogP contribution in [0.3, 0.4) is 0 Å². The maximum atomic E-state index is 11.8. The summed E-state index contributed by atoms with van der Waals surface area (Å²) in [6.07, 6.45) is 0.798. The minimum atomic E-state index is -1.36. The number of aromatic nitrogens is 2. The van der Waals surface area contributed by atoms with Gasteiger partial charge in [-0.3, -0.25) is 14.3 Å². The number of nitrogens with zero attached hydrogens (tertiary/aromatic N) is 1. The molecule has 1 aromatic heterocycles. The Hall–Kier alpha value is -1.44. The van der Waals surface area contributed by atoms with Gasteiger partial charge in [0.15, 0.2) is 0 Å². The molecule has 0 aromatic carbocycles. The Labute approximate surface area is 109 Å². The van der Waals surface area contributed by atoms with Crippen LogP contribution >= 0.6 is 0 Å². The molecule has 2 rings (SSSR count). The summed E-state index contributed by atoms with van der Waals surface area (Å²) in [6, 6.07) is 0. The zero-order chi connectivity index (χ0) is 14.2. The molecule has 2 heterocycles. The molecule has 1 fully saturated rings. The van der Waals surface area contributed by atoms with Gasteiger partial charge in [-0.1, -0.05) is 6.92 Å². The van der Waals surface area contributed by atoms with Crippen LogP contribution in [0.4, 0.5) is 0 Å². The van der Waals surface area contributed by atoms with Gasteiger partial charge in [0.25, 0.3) is 5.56 Å². The monoisotopic (exact) mass is 270 g/mol. The van der Waals surface area contributed by atoms with Gasteiger partial charge in [-0.2, -0.15) is 0 Å². The van der Waals surface area contributed by atoms with Gasteiger partial charge in [0.1, 0.15) is 11.8 Å². The lowest BCUT2D eigenvalue weighted by molar-refractivity contribution is -0.0828. The average Bonchev–Trinajstić information content (AvgIpc) is 2.71. The lowest BCUT2D eigenvalue weighted by Gasteiger charge is -2.24. The van der Waals surface area contributed by atoms with Crippen LogP contribution in [0.5, 0.6) is 0 Å². The topological polar surface area (TPSA) is 105 Å². The molecule has 1 unspecified atom stereocenters. The van der Waals surface area contributed by atoms with Gasteiger partial charge in [0, 0.05) is 18.2 Å². The molecule has 0 saturated carbocycles. The Morgan fingerprint density at radius 2 is 2.26 bits per heavy atom. The van der Waals surface area contributed by atoms with Crippen molar-refractivity contribution in [3.8, 4) is 0 Å². The first-order chi connectivity index (χ1) is 8.91. The number of nitrogens with one attached hydrogen (secondary N) is 1. The zero-order valence-corrected chi connectivity index (χ0v) is 10.9. The molecule has 0 spiro atoms. The summed E-state index contributed by atoms with van der Waals surface area (Å²) < 4.78 is 6.85. The minimum absolute atomic E-state index is 0.105. The highest BCUT2D eigenvalue weighted by Gasteiger charge is 2.46. The van der Waals surface area contributed by atoms with Crippen molar-refractivity contribution < 1.29 is 14.9 Å². The first kappa shape index (κ1) is 14.0. The van der Waals surface area contributed by atoms with Crippen LogP contribution < -0.4 is 11.2 Å². The van der Waals surface area contributed by atoms with Crippen molar-refractivity contribution in [2.45, 2.75) is 44.6 Å². The summed E-state index contributed by atoms with van der Waals surface area (Å²) >= 11 is 0. The van der Waals surface area contributed by atoms with E-state index in [4.69, 9.17) is 4.74 Å². The summed E-state index contributed by atoms with van der Waals surface area (Å²) in [5, 5.41) is 19.5. The van der Waals surface area contributed by atoms with Gasteiger partial charge in [-0.15, -0.1) is 0 Å². The number of aromatic amines is 1. The number of aliphatic hydroxyl groups excluding tert-OH is 1. The maximum Gasteiger partial charge on any atom is 0.330 e. The third kappa shape index (κ3) is 2.36. The molecular formula is C12H18N2O5. The lowest BCUT2D eigenvalue weighted by atomic mass is 9.94. The van der Waals surface area contributed by atoms with E-state index < -0.39 is 35.8 Å². The number of H-pyrrole nitrogens is 1. The molecule has 1 aliphatic rings. The first-order valence-electron chi connectivity index (χ1n) is 6.22. The molecule has 1 aliphatic heterocycles. The Morgan fingerprint density at radius 3 is 2.79 bits per heavy atom. The summed E-state index contributed by atoms with van der Waals surface area (Å²) in [5.74, 6) is 0. The van der Waals surface area contributed by atoms with E-state index in [1.807, 2.05) is 6.92 Å². The molecule has 3 N–H and O–H groups in total. The second-order valence-corrected chi connectivity index (χ2v) is 4.93. The molecular weight excluding hydrogens is 252 g/mol. The number of aryl methyl sites for hydroxylation is 1. The second-order valence-electron chi connectivity index (χ2n) is 4.93. The van der Waals surface area contributed by atoms with E-state index in [0.717, 1.165) is 0 Å². The van der Waals surface area contributed by atoms with Gasteiger partial charge in [-0.25, -0.2) is 4.79 Å².